The molecule has 0 spiro atoms. The maximum absolute atomic E-state index is 14.2. The number of para-hydroxylation sites is 2. The Morgan fingerprint density at radius 1 is 0.317 bits per heavy atom. The summed E-state index contributed by atoms with van der Waals surface area (Å²) in [5, 5.41) is 39.9. The fraction of sp³-hybridized carbons (Fsp3) is 0.0787. The molecule has 1 saturated heterocycles. The van der Waals surface area contributed by atoms with Crippen LogP contribution in [0.5, 0.6) is 0 Å². The van der Waals surface area contributed by atoms with E-state index in [9.17, 15) is 72.5 Å². The van der Waals surface area contributed by atoms with Gasteiger partial charge >= 0.3 is 0 Å². The number of halogens is 8. The highest BCUT2D eigenvalue weighted by molar-refractivity contribution is 9.11. The van der Waals surface area contributed by atoms with Crippen LogP contribution in [-0.2, 0) is 73.2 Å². The van der Waals surface area contributed by atoms with Crippen LogP contribution in [0.25, 0.3) is 88.5 Å². The zero-order valence-electron chi connectivity index (χ0n) is 72.7. The van der Waals surface area contributed by atoms with Crippen molar-refractivity contribution >= 4 is 203 Å². The third-order valence-electron chi connectivity index (χ3n) is 20.6. The summed E-state index contributed by atoms with van der Waals surface area (Å²) >= 11 is 9.80. The van der Waals surface area contributed by atoms with E-state index in [0.717, 1.165) is 66.0 Å². The second-order valence-corrected chi connectivity index (χ2v) is 43.0. The van der Waals surface area contributed by atoms with Gasteiger partial charge in [-0.2, -0.15) is 64.3 Å². The van der Waals surface area contributed by atoms with Crippen LogP contribution >= 0.6 is 47.8 Å². The van der Waals surface area contributed by atoms with E-state index in [-0.39, 0.29) is 75.8 Å². The Balaban J connectivity index is 0.000000123. The normalized spacial score (nSPS) is 12.3. The van der Waals surface area contributed by atoms with Crippen molar-refractivity contribution in [1.29, 1.82) is 0 Å². The van der Waals surface area contributed by atoms with Crippen LogP contribution in [0, 0.1) is 36.0 Å². The molecule has 142 heavy (non-hydrogen) atoms. The zero-order valence-corrected chi connectivity index (χ0v) is 82.4. The summed E-state index contributed by atoms with van der Waals surface area (Å²) in [7, 11) is -23.4. The van der Waals surface area contributed by atoms with Crippen LogP contribution in [0.4, 0.5) is 50.4 Å². The van der Waals surface area contributed by atoms with Gasteiger partial charge in [0, 0.05) is 158 Å². The van der Waals surface area contributed by atoms with E-state index in [2.05, 4.69) is 182 Å². The van der Waals surface area contributed by atoms with E-state index < -0.39 is 95.8 Å². The van der Waals surface area contributed by atoms with Gasteiger partial charge in [0.1, 0.15) is 5.82 Å². The highest BCUT2D eigenvalue weighted by Gasteiger charge is 2.30. The minimum Gasteiger partial charge on any atom is -0.371 e. The molecule has 20 aromatic rings. The number of aryl methyl sites for hydroxylation is 1. The SMILES string of the molecule is Cc1cccc(NS(=O)(=O)c2[nH]nc3ncc(Br)cc23)c1.O=S(=O)(NCc1cccc(F)c1F)c1[nH]nc2ncc(-c3cccnc3)cc12.O=S(=O)(NCc1cccc(F)c1F)c1[nH]nc2ncccc12.O=S(=O)(Nc1cc(N2CCCC2)ccc1F)c1[nH]nc2ncc(Br)cc12.O=S(=O)(Nc1ccccc1)c1[nH]nc2ncc(-c3cccnc3)cc12.O=S(=O)(Nc1ccccc1)c1[nH]nc2ncc(Br)cc12. The molecule has 21 rings (SSSR count). The van der Waals surface area contributed by atoms with Crippen molar-refractivity contribution in [2.24, 2.45) is 0 Å². The predicted octanol–water partition coefficient (Wildman–Crippen LogP) is 15.9. The number of nitrogens with zero attached hydrogens (tertiary/aromatic N) is 15. The first-order chi connectivity index (χ1) is 68.0. The third kappa shape index (κ3) is 23.7. The van der Waals surface area contributed by atoms with Gasteiger partial charge in [0.25, 0.3) is 60.1 Å². The van der Waals surface area contributed by atoms with Crippen LogP contribution in [0.3, 0.4) is 0 Å². The van der Waals surface area contributed by atoms with Gasteiger partial charge in [-0.15, -0.1) is 0 Å². The lowest BCUT2D eigenvalue weighted by atomic mass is 10.1. The van der Waals surface area contributed by atoms with E-state index in [0.29, 0.717) is 79.9 Å². The van der Waals surface area contributed by atoms with Crippen molar-refractivity contribution in [1.82, 2.24) is 111 Å². The first-order valence-corrected chi connectivity index (χ1v) is 52.8. The van der Waals surface area contributed by atoms with Crippen LogP contribution < -0.4 is 33.2 Å². The fourth-order valence-corrected chi connectivity index (χ4v) is 21.7. The van der Waals surface area contributed by atoms with E-state index in [4.69, 9.17) is 0 Å². The molecule has 0 atom stereocenters. The van der Waals surface area contributed by atoms with Crippen molar-refractivity contribution in [3.63, 3.8) is 0 Å². The molecule has 0 radical (unpaired) electrons. The lowest BCUT2D eigenvalue weighted by Gasteiger charge is -2.19. The van der Waals surface area contributed by atoms with Crippen molar-refractivity contribution in [2.75, 3.05) is 36.9 Å². The van der Waals surface area contributed by atoms with Crippen molar-refractivity contribution in [3.8, 4) is 22.3 Å². The lowest BCUT2D eigenvalue weighted by molar-refractivity contribution is 0.496. The minimum absolute atomic E-state index is 0.00666. The zero-order chi connectivity index (χ0) is 100. The average molecular weight is 2240 g/mol. The average Bonchev–Trinajstić information content (AvgIpc) is 1.64. The van der Waals surface area contributed by atoms with Gasteiger partial charge in [0.05, 0.1) is 38.0 Å². The molecule has 1 aliphatic rings. The molecule has 12 N–H and O–H groups in total. The topological polar surface area (TPSA) is 555 Å². The number of sulfonamides is 6. The number of anilines is 5. The Kier molecular flexibility index (Phi) is 30.3. The number of benzene rings is 6. The van der Waals surface area contributed by atoms with Gasteiger partial charge in [0.2, 0.25) is 0 Å². The van der Waals surface area contributed by atoms with Crippen LogP contribution in [0.2, 0.25) is 0 Å². The molecule has 0 bridgehead atoms. The molecule has 6 aromatic carbocycles. The first kappa shape index (κ1) is 100. The van der Waals surface area contributed by atoms with Gasteiger partial charge in [0.15, 0.2) is 87.3 Å². The van der Waals surface area contributed by atoms with Crippen LogP contribution in [-0.4, -0.2) is 165 Å². The van der Waals surface area contributed by atoms with E-state index >= 15 is 0 Å². The van der Waals surface area contributed by atoms with Crippen LogP contribution in [0.1, 0.15) is 29.5 Å². The quantitative estimate of drug-likeness (QED) is 0.0265. The molecule has 53 heteroatoms. The third-order valence-corrected chi connectivity index (χ3v) is 30.1. The molecule has 726 valence electrons. The summed E-state index contributed by atoms with van der Waals surface area (Å²) in [5.41, 5.74) is 7.71. The fourth-order valence-electron chi connectivity index (χ4n) is 13.9. The Bertz CT molecular complexity index is 8810. The number of hydrogen-bond donors (Lipinski definition) is 12. The smallest absolute Gasteiger partial charge is 0.279 e. The van der Waals surface area contributed by atoms with E-state index in [1.807, 2.05) is 43.3 Å². The summed E-state index contributed by atoms with van der Waals surface area (Å²) in [6, 6.07) is 54.7. The molecule has 15 heterocycles. The Morgan fingerprint density at radius 3 is 1.08 bits per heavy atom. The summed E-state index contributed by atoms with van der Waals surface area (Å²) < 4.78 is 235. The van der Waals surface area contributed by atoms with E-state index in [1.165, 1.54) is 48.8 Å². The summed E-state index contributed by atoms with van der Waals surface area (Å²) in [5.74, 6) is -4.90. The number of fused-ring (bicyclic) bond motifs is 6. The molecule has 14 aromatic heterocycles. The highest BCUT2D eigenvalue weighted by Crippen LogP contribution is 2.35. The van der Waals surface area contributed by atoms with Crippen molar-refractivity contribution in [3.05, 3.63) is 327 Å². The molecule has 0 saturated carbocycles. The first-order valence-electron chi connectivity index (χ1n) is 41.5. The molecule has 1 fully saturated rings. The van der Waals surface area contributed by atoms with Gasteiger partial charge in [-0.3, -0.25) is 59.4 Å². The number of hydrogen-bond acceptors (Lipinski definition) is 27. The highest BCUT2D eigenvalue weighted by atomic mass is 79.9. The van der Waals surface area contributed by atoms with Gasteiger partial charge in [-0.05, 0) is 194 Å². The van der Waals surface area contributed by atoms with Crippen molar-refractivity contribution < 1.29 is 72.5 Å². The second kappa shape index (κ2) is 43.0. The summed E-state index contributed by atoms with van der Waals surface area (Å²) in [6.07, 6.45) is 18.1. The van der Waals surface area contributed by atoms with Crippen LogP contribution in [0.15, 0.2) is 312 Å². The Labute approximate surface area is 828 Å². The standard InChI is InChI=1S/C18H13F2N5O2S.C17H13N5O2S.C16H15BrFN5O2S.C13H11BrN4O2S.C13H10F2N4O2S.C12H9BrN4O2S/c19-15-5-1-3-12(16(15)20)10-23-28(26,27)18-14-7-13(9-22-17(14)24-25-18)11-4-2-6-21-8-11;23-25(24,22-14-6-2-1-3-7-14)17-15-9-13(11-19-16(15)20-21-17)12-5-4-8-18-10-12;17-10-7-12-15(19-9-10)20-21-16(12)26(24,25)22-14-8-11(3-4-13(14)18)23-5-1-2-6-23;1-8-3-2-4-10(5-8)18-21(19,20)13-11-6-9(14)7-15-12(11)16-17-13;14-10-5-1-3-8(11(10)15)7-17-22(20,21)13-9-4-2-6-16-12(9)18-19-13;13-8-6-10-11(14-7-8)15-16-12(10)20(18,19)17-9-4-2-1-3-5-9/h1-9,23H,10H2,(H,22,24,25);1-11,22H,(H,19,20,21);3-4,7-9,22H,1-2,5-6H2,(H,19,20,21);2-7,18H,1H3,(H,15,16,17);1-6,17H,7H2,(H,16,18,19);1-7,17H,(H,14,15,16). The van der Waals surface area contributed by atoms with Crippen molar-refractivity contribution in [2.45, 2.75) is 63.0 Å². The second-order valence-electron chi connectivity index (χ2n) is 30.4. The number of pyridine rings is 8. The molecule has 39 nitrogen and oxygen atoms in total. The largest absolute Gasteiger partial charge is 0.371 e. The number of H-pyrrole nitrogens is 6. The maximum atomic E-state index is 14.2. The Morgan fingerprint density at radius 2 is 0.676 bits per heavy atom. The monoisotopic (exact) mass is 2230 g/mol. The maximum Gasteiger partial charge on any atom is 0.279 e. The van der Waals surface area contributed by atoms with Gasteiger partial charge < -0.3 is 4.90 Å². The molecular formula is C89H71Br3F5N27O12S6. The van der Waals surface area contributed by atoms with E-state index in [1.54, 1.807) is 171 Å². The number of aromatic nitrogens is 20. The molecular weight excluding hydrogens is 2170 g/mol. The molecule has 1 aliphatic heterocycles. The molecule has 0 aliphatic carbocycles. The number of aromatic amines is 6. The summed E-state index contributed by atoms with van der Waals surface area (Å²) in [6.45, 7) is 2.85. The Hall–Kier alpha value is -15.0. The van der Waals surface area contributed by atoms with Gasteiger partial charge in [-0.25, -0.2) is 78.1 Å². The predicted molar refractivity (Wildman–Crippen MR) is 529 cm³/mol. The minimum atomic E-state index is -4.08. The number of nitrogens with one attached hydrogen (secondary N) is 12. The lowest BCUT2D eigenvalue weighted by Crippen LogP contribution is -2.24. The number of rotatable bonds is 23. The van der Waals surface area contributed by atoms with Gasteiger partial charge in [-0.1, -0.05) is 84.9 Å². The molecule has 0 unspecified atom stereocenters. The molecule has 0 amide bonds. The summed E-state index contributed by atoms with van der Waals surface area (Å²) in [4.78, 5) is 34.7.